The highest BCUT2D eigenvalue weighted by atomic mass is 19.1. The Hall–Kier alpha value is -2.93. The number of benzene rings is 2. The molecule has 0 spiro atoms. The van der Waals surface area contributed by atoms with Crippen molar-refractivity contribution in [2.24, 2.45) is 0 Å². The molecule has 0 bridgehead atoms. The zero-order valence-electron chi connectivity index (χ0n) is 15.7. The van der Waals surface area contributed by atoms with Gasteiger partial charge in [0.25, 0.3) is 11.8 Å². The van der Waals surface area contributed by atoms with E-state index in [1.165, 1.54) is 12.1 Å². The van der Waals surface area contributed by atoms with Crippen LogP contribution < -0.4 is 10.1 Å². The SMILES string of the molecule is CC[C@H](Oc1ccccc1F)C(=O)Nc1ccccc1C(=O)N1CCOCC1. The number of hydrogen-bond acceptors (Lipinski definition) is 4. The molecule has 2 amide bonds. The zero-order valence-corrected chi connectivity index (χ0v) is 15.7. The summed E-state index contributed by atoms with van der Waals surface area (Å²) in [6.45, 7) is 3.78. The minimum Gasteiger partial charge on any atom is -0.478 e. The van der Waals surface area contributed by atoms with Gasteiger partial charge >= 0.3 is 0 Å². The predicted octanol–water partition coefficient (Wildman–Crippen LogP) is 3.09. The molecule has 0 aromatic heterocycles. The van der Waals surface area contributed by atoms with Gasteiger partial charge < -0.3 is 19.7 Å². The Bertz CT molecular complexity index is 837. The highest BCUT2D eigenvalue weighted by molar-refractivity contribution is 6.04. The molecule has 7 heteroatoms. The fourth-order valence-corrected chi connectivity index (χ4v) is 2.94. The van der Waals surface area contributed by atoms with E-state index < -0.39 is 17.8 Å². The van der Waals surface area contributed by atoms with Crippen LogP contribution in [0.5, 0.6) is 5.75 Å². The number of rotatable bonds is 6. The lowest BCUT2D eigenvalue weighted by Crippen LogP contribution is -2.41. The highest BCUT2D eigenvalue weighted by Gasteiger charge is 2.24. The Kier molecular flexibility index (Phi) is 6.60. The molecule has 0 aliphatic carbocycles. The highest BCUT2D eigenvalue weighted by Crippen LogP contribution is 2.21. The van der Waals surface area contributed by atoms with Crippen molar-refractivity contribution in [3.63, 3.8) is 0 Å². The quantitative estimate of drug-likeness (QED) is 0.828. The van der Waals surface area contributed by atoms with E-state index in [-0.39, 0.29) is 11.7 Å². The Balaban J connectivity index is 1.74. The van der Waals surface area contributed by atoms with Crippen LogP contribution in [-0.4, -0.2) is 49.1 Å². The van der Waals surface area contributed by atoms with Gasteiger partial charge in [0.2, 0.25) is 0 Å². The van der Waals surface area contributed by atoms with Gasteiger partial charge in [-0.1, -0.05) is 31.2 Å². The topological polar surface area (TPSA) is 67.9 Å². The second kappa shape index (κ2) is 9.32. The van der Waals surface area contributed by atoms with Crippen molar-refractivity contribution >= 4 is 17.5 Å². The minimum atomic E-state index is -0.886. The summed E-state index contributed by atoms with van der Waals surface area (Å²) in [5.41, 5.74) is 0.804. The van der Waals surface area contributed by atoms with Crippen molar-refractivity contribution in [1.29, 1.82) is 0 Å². The number of ether oxygens (including phenoxy) is 2. The van der Waals surface area contributed by atoms with E-state index in [1.54, 1.807) is 48.2 Å². The number of para-hydroxylation sites is 2. The average Bonchev–Trinajstić information content (AvgIpc) is 2.73. The maximum atomic E-state index is 13.8. The molecule has 1 saturated heterocycles. The second-order valence-corrected chi connectivity index (χ2v) is 6.38. The Morgan fingerprint density at radius 2 is 1.82 bits per heavy atom. The number of halogens is 1. The molecule has 6 nitrogen and oxygen atoms in total. The van der Waals surface area contributed by atoms with Gasteiger partial charge in [-0.15, -0.1) is 0 Å². The van der Waals surface area contributed by atoms with Gasteiger partial charge in [0.15, 0.2) is 17.7 Å². The smallest absolute Gasteiger partial charge is 0.265 e. The van der Waals surface area contributed by atoms with Gasteiger partial charge in [0.05, 0.1) is 24.5 Å². The first-order chi connectivity index (χ1) is 13.6. The van der Waals surface area contributed by atoms with E-state index in [1.807, 2.05) is 0 Å². The average molecular weight is 386 g/mol. The van der Waals surface area contributed by atoms with Gasteiger partial charge in [0, 0.05) is 13.1 Å². The summed E-state index contributed by atoms with van der Waals surface area (Å²) < 4.78 is 24.7. The number of carbonyl (C=O) groups is 2. The molecular weight excluding hydrogens is 363 g/mol. The Morgan fingerprint density at radius 1 is 1.14 bits per heavy atom. The van der Waals surface area contributed by atoms with E-state index in [4.69, 9.17) is 9.47 Å². The summed E-state index contributed by atoms with van der Waals surface area (Å²) in [6.07, 6.45) is -0.539. The van der Waals surface area contributed by atoms with E-state index in [0.29, 0.717) is 44.0 Å². The van der Waals surface area contributed by atoms with Crippen LogP contribution in [0.15, 0.2) is 48.5 Å². The minimum absolute atomic E-state index is 0.0159. The molecule has 2 aromatic rings. The molecule has 28 heavy (non-hydrogen) atoms. The molecule has 2 aromatic carbocycles. The van der Waals surface area contributed by atoms with Gasteiger partial charge in [-0.05, 0) is 30.7 Å². The lowest BCUT2D eigenvalue weighted by Gasteiger charge is -2.27. The van der Waals surface area contributed by atoms with Crippen LogP contribution in [0.2, 0.25) is 0 Å². The maximum Gasteiger partial charge on any atom is 0.265 e. The van der Waals surface area contributed by atoms with Crippen molar-refractivity contribution in [2.75, 3.05) is 31.6 Å². The molecular formula is C21H23FN2O4. The third-order valence-electron chi connectivity index (χ3n) is 4.48. The maximum absolute atomic E-state index is 13.8. The lowest BCUT2D eigenvalue weighted by molar-refractivity contribution is -0.122. The van der Waals surface area contributed by atoms with E-state index in [9.17, 15) is 14.0 Å². The summed E-state index contributed by atoms with van der Waals surface area (Å²) in [5, 5.41) is 2.76. The summed E-state index contributed by atoms with van der Waals surface area (Å²) in [5.74, 6) is -1.12. The summed E-state index contributed by atoms with van der Waals surface area (Å²) >= 11 is 0. The molecule has 1 heterocycles. The molecule has 1 atom stereocenters. The van der Waals surface area contributed by atoms with Gasteiger partial charge in [-0.25, -0.2) is 4.39 Å². The van der Waals surface area contributed by atoms with Crippen LogP contribution in [0.1, 0.15) is 23.7 Å². The fraction of sp³-hybridized carbons (Fsp3) is 0.333. The number of amides is 2. The molecule has 3 rings (SSSR count). The number of morpholine rings is 1. The predicted molar refractivity (Wildman–Crippen MR) is 103 cm³/mol. The van der Waals surface area contributed by atoms with E-state index in [2.05, 4.69) is 5.32 Å². The summed E-state index contributed by atoms with van der Waals surface area (Å²) in [7, 11) is 0. The first-order valence-electron chi connectivity index (χ1n) is 9.28. The molecule has 1 fully saturated rings. The summed E-state index contributed by atoms with van der Waals surface area (Å²) in [4.78, 5) is 27.2. The van der Waals surface area contributed by atoms with Crippen molar-refractivity contribution in [1.82, 2.24) is 4.90 Å². The second-order valence-electron chi connectivity index (χ2n) is 6.38. The molecule has 0 saturated carbocycles. The van der Waals surface area contributed by atoms with Gasteiger partial charge in [-0.3, -0.25) is 9.59 Å². The Labute approximate surface area is 163 Å². The van der Waals surface area contributed by atoms with Crippen LogP contribution in [0.4, 0.5) is 10.1 Å². The van der Waals surface area contributed by atoms with E-state index in [0.717, 1.165) is 0 Å². The number of nitrogens with zero attached hydrogens (tertiary/aromatic N) is 1. The van der Waals surface area contributed by atoms with Crippen LogP contribution in [0.25, 0.3) is 0 Å². The van der Waals surface area contributed by atoms with Crippen LogP contribution in [0.3, 0.4) is 0 Å². The number of hydrogen-bond donors (Lipinski definition) is 1. The van der Waals surface area contributed by atoms with Crippen molar-refractivity contribution < 1.29 is 23.5 Å². The van der Waals surface area contributed by atoms with E-state index >= 15 is 0 Å². The van der Waals surface area contributed by atoms with Crippen LogP contribution >= 0.6 is 0 Å². The molecule has 0 unspecified atom stereocenters. The van der Waals surface area contributed by atoms with Crippen molar-refractivity contribution in [3.05, 3.63) is 59.9 Å². The summed E-state index contributed by atoms with van der Waals surface area (Å²) in [6, 6.07) is 12.8. The fourth-order valence-electron chi connectivity index (χ4n) is 2.94. The Morgan fingerprint density at radius 3 is 2.54 bits per heavy atom. The van der Waals surface area contributed by atoms with Crippen molar-refractivity contribution in [2.45, 2.75) is 19.4 Å². The third-order valence-corrected chi connectivity index (χ3v) is 4.48. The van der Waals surface area contributed by atoms with Gasteiger partial charge in [0.1, 0.15) is 0 Å². The monoisotopic (exact) mass is 386 g/mol. The standard InChI is InChI=1S/C21H23FN2O4/c1-2-18(28-19-10-6-4-8-16(19)22)20(25)23-17-9-5-3-7-15(17)21(26)24-11-13-27-14-12-24/h3-10,18H,2,11-14H2,1H3,(H,23,25)/t18-/m0/s1. The molecule has 0 radical (unpaired) electrons. The number of carbonyl (C=O) groups excluding carboxylic acids is 2. The number of nitrogens with one attached hydrogen (secondary N) is 1. The van der Waals surface area contributed by atoms with Gasteiger partial charge in [-0.2, -0.15) is 0 Å². The first-order valence-corrected chi connectivity index (χ1v) is 9.28. The molecule has 1 N–H and O–H groups in total. The molecule has 1 aliphatic heterocycles. The largest absolute Gasteiger partial charge is 0.478 e. The first kappa shape index (κ1) is 19.8. The number of anilines is 1. The van der Waals surface area contributed by atoms with Crippen LogP contribution in [-0.2, 0) is 9.53 Å². The molecule has 1 aliphatic rings. The normalized spacial score (nSPS) is 15.0. The zero-order chi connectivity index (χ0) is 19.9. The molecule has 148 valence electrons. The van der Waals surface area contributed by atoms with Crippen LogP contribution in [0, 0.1) is 5.82 Å². The third kappa shape index (κ3) is 4.67. The lowest BCUT2D eigenvalue weighted by atomic mass is 10.1. The van der Waals surface area contributed by atoms with Crippen molar-refractivity contribution in [3.8, 4) is 5.75 Å².